The number of aromatic hydroxyl groups is 2. The number of imidazole rings is 2. The van der Waals surface area contributed by atoms with Crippen LogP contribution >= 0.6 is 23.3 Å². The lowest BCUT2D eigenvalue weighted by molar-refractivity contribution is -0.140. The molecule has 10 aromatic rings. The van der Waals surface area contributed by atoms with Gasteiger partial charge < -0.3 is 54.7 Å². The fourth-order valence-corrected chi connectivity index (χ4v) is 13.0. The fourth-order valence-electron chi connectivity index (χ4n) is 11.5. The van der Waals surface area contributed by atoms with E-state index in [0.717, 1.165) is 88.3 Å². The van der Waals surface area contributed by atoms with Gasteiger partial charge in [0.2, 0.25) is 23.2 Å². The molecule has 43 nitrogen and oxygen atoms in total. The van der Waals surface area contributed by atoms with Gasteiger partial charge in [0, 0.05) is 90.1 Å². The number of aromatic amines is 4. The molecule has 7 amide bonds. The van der Waals surface area contributed by atoms with Crippen LogP contribution in [-0.2, 0) is 35.9 Å². The summed E-state index contributed by atoms with van der Waals surface area (Å²) in [6.07, 6.45) is 14.1. The lowest BCUT2D eigenvalue weighted by atomic mass is 9.95. The molecule has 9 aromatic heterocycles. The van der Waals surface area contributed by atoms with Crippen molar-refractivity contribution in [3.63, 3.8) is 0 Å². The van der Waals surface area contributed by atoms with Gasteiger partial charge in [-0.05, 0) is 111 Å². The normalized spacial score (nSPS) is 14.6. The molecule has 47 heteroatoms. The Bertz CT molecular complexity index is 5590. The molecule has 15 rings (SSSR count). The van der Waals surface area contributed by atoms with Gasteiger partial charge >= 0.3 is 17.6 Å². The van der Waals surface area contributed by atoms with E-state index in [1.165, 1.54) is 36.4 Å². The van der Waals surface area contributed by atoms with Gasteiger partial charge in [-0.15, -0.1) is 10.2 Å². The first-order valence-corrected chi connectivity index (χ1v) is 48.1. The summed E-state index contributed by atoms with van der Waals surface area (Å²) in [5, 5.41) is 91.1. The smallest absolute Gasteiger partial charge is 0.360 e. The fraction of sp³-hybridized carbons (Fsp3) is 0.542. The number of hydrogen-bond donors (Lipinski definition) is 14. The maximum Gasteiger partial charge on any atom is 0.360 e. The van der Waals surface area contributed by atoms with Crippen molar-refractivity contribution in [1.29, 1.82) is 0 Å². The Hall–Kier alpha value is -13.9. The van der Waals surface area contributed by atoms with Crippen molar-refractivity contribution < 1.29 is 91.7 Å². The summed E-state index contributed by atoms with van der Waals surface area (Å²) in [6.45, 7) is 59.8. The summed E-state index contributed by atoms with van der Waals surface area (Å²) in [5.41, 5.74) is 6.49. The van der Waals surface area contributed by atoms with Gasteiger partial charge in [-0.2, -0.15) is 24.5 Å². The molecule has 794 valence electrons. The second-order valence-corrected chi connectivity index (χ2v) is 39.2. The van der Waals surface area contributed by atoms with Crippen LogP contribution in [0.3, 0.4) is 0 Å². The second kappa shape index (κ2) is 63.8. The molecule has 0 saturated carbocycles. The molecule has 1 aromatic carbocycles. The number of carbonyl (C=O) groups excluding carboxylic acids is 7. The number of rotatable bonds is 15. The van der Waals surface area contributed by atoms with Crippen LogP contribution in [-0.4, -0.2) is 165 Å². The Kier molecular flexibility index (Phi) is 56.7. The predicted octanol–water partition coefficient (Wildman–Crippen LogP) is 17.4. The van der Waals surface area contributed by atoms with Crippen LogP contribution in [0.5, 0.6) is 11.5 Å². The Morgan fingerprint density at radius 1 is 0.538 bits per heavy atom. The number of phenolic OH excluding ortho intramolecular Hbond substituents is 1. The van der Waals surface area contributed by atoms with E-state index in [2.05, 4.69) is 133 Å². The summed E-state index contributed by atoms with van der Waals surface area (Å²) < 4.78 is 47.0. The van der Waals surface area contributed by atoms with Crippen LogP contribution in [0.4, 0.5) is 18.4 Å². The average Bonchev–Trinajstić information content (AvgIpc) is 1.83. The van der Waals surface area contributed by atoms with Crippen molar-refractivity contribution in [2.45, 2.75) is 291 Å². The first-order chi connectivity index (χ1) is 66.6. The molecule has 5 aliphatic rings. The number of oxime groups is 1. The van der Waals surface area contributed by atoms with Crippen LogP contribution in [0.1, 0.15) is 336 Å². The van der Waals surface area contributed by atoms with Gasteiger partial charge in [0.25, 0.3) is 27.8 Å². The molecule has 0 radical (unpaired) electrons. The lowest BCUT2D eigenvalue weighted by Gasteiger charge is -2.09. The Balaban J connectivity index is 0.000000767. The third kappa shape index (κ3) is 47.0. The maximum absolute atomic E-state index is 12.7. The number of nitrogens with zero attached hydrogens (tertiary/aromatic N) is 13. The van der Waals surface area contributed by atoms with Gasteiger partial charge in [-0.25, -0.2) is 38.3 Å². The number of benzene rings is 1. The average molecular weight is 2050 g/mol. The van der Waals surface area contributed by atoms with Crippen molar-refractivity contribution in [3.8, 4) is 11.5 Å². The Morgan fingerprint density at radius 2 is 1.13 bits per heavy atom. The number of phenols is 1. The van der Waals surface area contributed by atoms with E-state index >= 15 is 0 Å². The number of halogens is 2. The number of H-pyrrole nitrogens is 4. The lowest BCUT2D eigenvalue weighted by Crippen LogP contribution is -2.33. The molecular weight excluding hydrogens is 1900 g/mol. The molecule has 3 saturated heterocycles. The minimum absolute atomic E-state index is 0.0173. The molecular formula is C96H147F2N21O22S2. The molecule has 0 spiro atoms. The highest BCUT2D eigenvalue weighted by Crippen LogP contribution is 2.28. The Morgan fingerprint density at radius 3 is 1.38 bits per heavy atom. The monoisotopic (exact) mass is 2050 g/mol. The molecule has 5 aliphatic heterocycles. The van der Waals surface area contributed by atoms with Crippen LogP contribution in [0.15, 0.2) is 157 Å². The van der Waals surface area contributed by atoms with Crippen molar-refractivity contribution >= 4 is 75.6 Å². The third-order valence-electron chi connectivity index (χ3n) is 20.1. The molecule has 0 aliphatic carbocycles. The SMILES string of the molecule is CC(C)C1=NN=NC1.CC(C)C1=NOC(=O)C1.CC(C)C1CC(=O)NC1=O.CC(C)C1NC(=O)NC1=O.CC(C)C1SC(=O)NC1=O.CC(C)c1c[nH]oc1=O.CC(C)c1cc(=O)[nH]n1C.CC(C)c1cc(=O)[nH]o1.CC(C)c1cc(=O)[nH]s1.CC(C)c1cc(F)c(O)c(F)c1.CC(C)c1cccn1O.CC(C)c1cncn1O.CC(C)c1cnnn1O.CC(C)c1cocc(O)c1=O.CC(C)c1nccn1O. The van der Waals surface area contributed by atoms with Crippen molar-refractivity contribution in [3.05, 3.63) is 218 Å². The number of urea groups is 1. The highest BCUT2D eigenvalue weighted by molar-refractivity contribution is 8.15. The van der Waals surface area contributed by atoms with Crippen LogP contribution in [0.25, 0.3) is 0 Å². The summed E-state index contributed by atoms with van der Waals surface area (Å²) in [6, 6.07) is 10.0. The van der Waals surface area contributed by atoms with Crippen LogP contribution in [0.2, 0.25) is 0 Å². The number of hydrogen-bond acceptors (Lipinski definition) is 32. The number of aromatic nitrogens is 13. The zero-order valence-electron chi connectivity index (χ0n) is 87.4. The number of aryl methyl sites for hydroxylation is 1. The maximum atomic E-state index is 12.7. The zero-order valence-corrected chi connectivity index (χ0v) is 89.0. The number of amides is 7. The van der Waals surface area contributed by atoms with Gasteiger partial charge in [0.05, 0.1) is 64.9 Å². The van der Waals surface area contributed by atoms with E-state index < -0.39 is 17.4 Å². The second-order valence-electron chi connectivity index (χ2n) is 37.2. The van der Waals surface area contributed by atoms with Crippen molar-refractivity contribution in [2.75, 3.05) is 6.54 Å². The van der Waals surface area contributed by atoms with E-state index in [1.54, 1.807) is 47.8 Å². The molecule has 3 atom stereocenters. The Labute approximate surface area is 838 Å². The van der Waals surface area contributed by atoms with E-state index in [9.17, 15) is 66.3 Å². The van der Waals surface area contributed by atoms with Gasteiger partial charge in [0.15, 0.2) is 23.1 Å². The first kappa shape index (κ1) is 127. The molecule has 0 bridgehead atoms. The summed E-state index contributed by atoms with van der Waals surface area (Å²) >= 11 is 2.50. The minimum atomic E-state index is -0.904. The number of thioether (sulfide) groups is 1. The van der Waals surface area contributed by atoms with E-state index in [1.807, 2.05) is 185 Å². The summed E-state index contributed by atoms with van der Waals surface area (Å²) in [7, 11) is 1.84. The van der Waals surface area contributed by atoms with E-state index in [0.29, 0.717) is 83.2 Å². The molecule has 14 N–H and O–H groups in total. The quantitative estimate of drug-likeness (QED) is 0.0196. The van der Waals surface area contributed by atoms with Crippen LogP contribution in [0, 0.1) is 47.1 Å². The van der Waals surface area contributed by atoms with Gasteiger partial charge in [-0.3, -0.25) is 73.3 Å². The minimum Gasteiger partial charge on any atom is -0.503 e. The largest absolute Gasteiger partial charge is 0.503 e. The highest BCUT2D eigenvalue weighted by atomic mass is 32.2. The van der Waals surface area contributed by atoms with Crippen molar-refractivity contribution in [2.24, 2.45) is 63.1 Å². The number of nitrogens with one attached hydrogen (secondary N) is 8. The molecule has 14 heterocycles. The first-order valence-electron chi connectivity index (χ1n) is 46.4. The summed E-state index contributed by atoms with van der Waals surface area (Å²) in [4.78, 5) is 142. The molecule has 143 heavy (non-hydrogen) atoms. The van der Waals surface area contributed by atoms with Gasteiger partial charge in [0.1, 0.15) is 42.5 Å². The summed E-state index contributed by atoms with van der Waals surface area (Å²) in [5.74, 6) is 1.73. The molecule has 3 unspecified atom stereocenters. The third-order valence-corrected chi connectivity index (χ3v) is 22.5. The standard InChI is InChI=1S/C9H10F2O.C8H10O3.C7H12N2O.C7H11NO2.C7H11NO.C6H10N2O2.2C6H10N2O.C6H9NO2S.3C6H9NO2.C6H9NOS.C5H9N3O.C5H9N3/c1-5(2)6-3-7(10)9(12)8(11)4-6;1-5(2)6-3-11-4-7(9)8(6)10;1-5(2)6-4-7(10)8-9(6)3;1-4(2)5-3-6(9)8-7(5)10;1-6(2)7-4-3-5-8(7)9;1-3(2)4-5(9)8-6(10)7-4;1-5(2)6-3-7-4-8(6)9;1-5(2)6-7-3-4-8(6)9;1-3(2)4-5(8)7-6(9)10-4;1-4(2)5-3-7-9-6(5)8;1-4(2)5-3-6(8)7-9-5;1-4(2)5-3-6(8)9-7-5;1-4(2)5-3-6(8)7-9-5;1-4(2)5-3-6-7-8(5)9;1-4(2)5-3-6-8-7-5/h3-5,12H,1-2H3;3-5,9H,1-2H3;4-5H,1-3H3,(H,8,10);4-5H,3H2,1-2H3,(H,8,9,10);3-6,9H,1-2H3;3-4H,1-2H3,(H2,7,8,9,10);2*3-5,9H,1-2H3;3-4H,1-2H3,(H,7,8,9);3-4,7H,1-2H3;3-4H,1-2H3,(H,7,8);4H,3H2,1-2H3;3-4H,1-2H3,(H,7,8);3-4,9H,1-2H3;4H,3H2,1-2H3. The van der Waals surface area contributed by atoms with Crippen molar-refractivity contribution in [1.82, 2.24) is 85.1 Å². The highest BCUT2D eigenvalue weighted by Gasteiger charge is 2.35. The number of carbonyl (C=O) groups is 7. The van der Waals surface area contributed by atoms with E-state index in [-0.39, 0.29) is 145 Å². The predicted molar refractivity (Wildman–Crippen MR) is 539 cm³/mol. The number of imide groups is 3. The van der Waals surface area contributed by atoms with E-state index in [4.69, 9.17) is 40.0 Å². The van der Waals surface area contributed by atoms with Gasteiger partial charge in [-0.1, -0.05) is 241 Å². The zero-order chi connectivity index (χ0) is 109. The van der Waals surface area contributed by atoms with Crippen LogP contribution < -0.4 is 49.0 Å². The topological polar surface area (TPSA) is 612 Å². The molecule has 3 fully saturated rings.